The quantitative estimate of drug-likeness (QED) is 0.680. The van der Waals surface area contributed by atoms with Gasteiger partial charge in [0, 0.05) is 10.2 Å². The first-order valence-corrected chi connectivity index (χ1v) is 7.25. The molecule has 0 radical (unpaired) electrons. The number of carbonyl (C=O) groups excluding carboxylic acids is 1. The minimum absolute atomic E-state index is 0. The molecule has 1 aromatic rings. The number of hydrogen-bond donors (Lipinski definition) is 3. The lowest BCUT2D eigenvalue weighted by atomic mass is 10.1. The summed E-state index contributed by atoms with van der Waals surface area (Å²) in [5, 5.41) is 14.5. The number of aryl methyl sites for hydroxylation is 1. The summed E-state index contributed by atoms with van der Waals surface area (Å²) in [6.07, 6.45) is 1.25. The van der Waals surface area contributed by atoms with Crippen LogP contribution in [0.4, 0.5) is 5.69 Å². The number of hydrogen-bond acceptors (Lipinski definition) is 3. The lowest BCUT2D eigenvalue weighted by Gasteiger charge is -2.14. The molecule has 118 valence electrons. The summed E-state index contributed by atoms with van der Waals surface area (Å²) in [4.78, 5) is 22.8. The smallest absolute Gasteiger partial charge is 0.320 e. The van der Waals surface area contributed by atoms with E-state index in [-0.39, 0.29) is 24.9 Å². The standard InChI is InChI=1S/C14H19BrN2O3.ClH/c1-3-4-12(14(19)20)16-8-13(18)17-11-6-5-10(15)7-9(11)2;/h5-7,12,16H,3-4,8H2,1-2H3,(H,17,18)(H,19,20);1H. The first-order valence-electron chi connectivity index (χ1n) is 6.46. The van der Waals surface area contributed by atoms with Gasteiger partial charge in [-0.15, -0.1) is 12.4 Å². The molecule has 3 N–H and O–H groups in total. The molecule has 1 amide bonds. The van der Waals surface area contributed by atoms with Crippen LogP contribution in [0.5, 0.6) is 0 Å². The molecule has 0 spiro atoms. The molecule has 0 bridgehead atoms. The van der Waals surface area contributed by atoms with E-state index < -0.39 is 12.0 Å². The first kappa shape index (κ1) is 19.9. The van der Waals surface area contributed by atoms with Gasteiger partial charge in [0.25, 0.3) is 0 Å². The number of nitrogens with one attached hydrogen (secondary N) is 2. The maximum atomic E-state index is 11.8. The summed E-state index contributed by atoms with van der Waals surface area (Å²) in [7, 11) is 0. The molecule has 0 heterocycles. The van der Waals surface area contributed by atoms with Gasteiger partial charge in [-0.25, -0.2) is 0 Å². The molecular formula is C14H20BrClN2O3. The van der Waals surface area contributed by atoms with Crippen molar-refractivity contribution in [2.45, 2.75) is 32.7 Å². The number of carboxylic acid groups (broad SMARTS) is 1. The Balaban J connectivity index is 0.00000400. The van der Waals surface area contributed by atoms with E-state index in [0.29, 0.717) is 6.42 Å². The van der Waals surface area contributed by atoms with Gasteiger partial charge in [-0.05, 0) is 37.1 Å². The Morgan fingerprint density at radius 1 is 1.38 bits per heavy atom. The van der Waals surface area contributed by atoms with Crippen LogP contribution >= 0.6 is 28.3 Å². The summed E-state index contributed by atoms with van der Waals surface area (Å²) in [6, 6.07) is 4.86. The molecule has 0 saturated heterocycles. The molecule has 1 aromatic carbocycles. The molecule has 0 aromatic heterocycles. The molecule has 1 atom stereocenters. The maximum absolute atomic E-state index is 11.8. The fourth-order valence-corrected chi connectivity index (χ4v) is 2.25. The summed E-state index contributed by atoms with van der Waals surface area (Å²) < 4.78 is 0.944. The monoisotopic (exact) mass is 378 g/mol. The van der Waals surface area contributed by atoms with E-state index in [0.717, 1.165) is 22.1 Å². The van der Waals surface area contributed by atoms with E-state index in [4.69, 9.17) is 5.11 Å². The van der Waals surface area contributed by atoms with Crippen molar-refractivity contribution in [3.05, 3.63) is 28.2 Å². The zero-order valence-corrected chi connectivity index (χ0v) is 14.4. The Bertz CT molecular complexity index is 497. The van der Waals surface area contributed by atoms with Crippen molar-refractivity contribution in [1.29, 1.82) is 0 Å². The van der Waals surface area contributed by atoms with Crippen LogP contribution in [-0.2, 0) is 9.59 Å². The minimum Gasteiger partial charge on any atom is -0.480 e. The number of amides is 1. The fraction of sp³-hybridized carbons (Fsp3) is 0.429. The highest BCUT2D eigenvalue weighted by atomic mass is 79.9. The lowest BCUT2D eigenvalue weighted by Crippen LogP contribution is -2.41. The molecule has 0 aliphatic rings. The third-order valence-electron chi connectivity index (χ3n) is 2.85. The molecule has 5 nitrogen and oxygen atoms in total. The zero-order chi connectivity index (χ0) is 15.1. The summed E-state index contributed by atoms with van der Waals surface area (Å²) in [5.74, 6) is -1.18. The molecule has 1 rings (SSSR count). The highest BCUT2D eigenvalue weighted by Crippen LogP contribution is 2.19. The molecule has 0 fully saturated rings. The Morgan fingerprint density at radius 2 is 2.05 bits per heavy atom. The van der Waals surface area contributed by atoms with Gasteiger partial charge >= 0.3 is 5.97 Å². The van der Waals surface area contributed by atoms with Crippen molar-refractivity contribution in [2.24, 2.45) is 0 Å². The number of carboxylic acids is 1. The Hall–Kier alpha value is -1.11. The Morgan fingerprint density at radius 3 is 2.57 bits per heavy atom. The van der Waals surface area contributed by atoms with Gasteiger partial charge in [0.05, 0.1) is 6.54 Å². The average Bonchev–Trinajstić information content (AvgIpc) is 2.37. The number of carbonyl (C=O) groups is 2. The summed E-state index contributed by atoms with van der Waals surface area (Å²) in [5.41, 5.74) is 1.67. The van der Waals surface area contributed by atoms with Crippen molar-refractivity contribution < 1.29 is 14.7 Å². The van der Waals surface area contributed by atoms with Gasteiger partial charge in [-0.3, -0.25) is 14.9 Å². The Labute approximate surface area is 139 Å². The van der Waals surface area contributed by atoms with Crippen LogP contribution in [0.25, 0.3) is 0 Å². The van der Waals surface area contributed by atoms with Crippen molar-refractivity contribution in [2.75, 3.05) is 11.9 Å². The number of benzene rings is 1. The summed E-state index contributed by atoms with van der Waals surface area (Å²) in [6.45, 7) is 3.78. The van der Waals surface area contributed by atoms with Crippen LogP contribution in [0.3, 0.4) is 0 Å². The third-order valence-corrected chi connectivity index (χ3v) is 3.34. The maximum Gasteiger partial charge on any atom is 0.320 e. The van der Waals surface area contributed by atoms with Gasteiger partial charge in [-0.1, -0.05) is 29.3 Å². The SMILES string of the molecule is CCCC(NCC(=O)Nc1ccc(Br)cc1C)C(=O)O.Cl. The van der Waals surface area contributed by atoms with Crippen molar-refractivity contribution in [3.8, 4) is 0 Å². The molecule has 0 aliphatic heterocycles. The van der Waals surface area contributed by atoms with Crippen LogP contribution in [0.15, 0.2) is 22.7 Å². The van der Waals surface area contributed by atoms with E-state index in [1.54, 1.807) is 6.07 Å². The van der Waals surface area contributed by atoms with E-state index >= 15 is 0 Å². The fourth-order valence-electron chi connectivity index (χ4n) is 1.78. The lowest BCUT2D eigenvalue weighted by molar-refractivity contribution is -0.139. The van der Waals surface area contributed by atoms with Crippen LogP contribution in [0, 0.1) is 6.92 Å². The molecule has 7 heteroatoms. The van der Waals surface area contributed by atoms with Crippen molar-refractivity contribution >= 4 is 45.9 Å². The van der Waals surface area contributed by atoms with Gasteiger partial charge in [-0.2, -0.15) is 0 Å². The molecule has 0 aliphatic carbocycles. The average molecular weight is 380 g/mol. The van der Waals surface area contributed by atoms with E-state index in [1.165, 1.54) is 0 Å². The van der Waals surface area contributed by atoms with Gasteiger partial charge < -0.3 is 10.4 Å². The summed E-state index contributed by atoms with van der Waals surface area (Å²) >= 11 is 3.36. The second-order valence-electron chi connectivity index (χ2n) is 4.57. The zero-order valence-electron chi connectivity index (χ0n) is 12.0. The largest absolute Gasteiger partial charge is 0.480 e. The van der Waals surface area contributed by atoms with Crippen LogP contribution in [0.2, 0.25) is 0 Å². The second-order valence-corrected chi connectivity index (χ2v) is 5.48. The number of anilines is 1. The van der Waals surface area contributed by atoms with Crippen LogP contribution < -0.4 is 10.6 Å². The normalized spacial score (nSPS) is 11.4. The number of halogens is 2. The van der Waals surface area contributed by atoms with Crippen LogP contribution in [-0.4, -0.2) is 29.6 Å². The van der Waals surface area contributed by atoms with E-state index in [1.807, 2.05) is 26.0 Å². The molecule has 1 unspecified atom stereocenters. The topological polar surface area (TPSA) is 78.4 Å². The van der Waals surface area contributed by atoms with E-state index in [2.05, 4.69) is 26.6 Å². The highest BCUT2D eigenvalue weighted by molar-refractivity contribution is 9.10. The number of rotatable bonds is 7. The second kappa shape index (κ2) is 9.76. The Kier molecular flexibility index (Phi) is 9.24. The minimum atomic E-state index is -0.931. The van der Waals surface area contributed by atoms with Gasteiger partial charge in [0.15, 0.2) is 0 Å². The first-order chi connectivity index (χ1) is 9.43. The van der Waals surface area contributed by atoms with Crippen molar-refractivity contribution in [1.82, 2.24) is 5.32 Å². The predicted octanol–water partition coefficient (Wildman–Crippen LogP) is 2.96. The van der Waals surface area contributed by atoms with Gasteiger partial charge in [0.1, 0.15) is 6.04 Å². The van der Waals surface area contributed by atoms with Gasteiger partial charge in [0.2, 0.25) is 5.91 Å². The highest BCUT2D eigenvalue weighted by Gasteiger charge is 2.16. The molecule has 21 heavy (non-hydrogen) atoms. The third kappa shape index (κ3) is 6.93. The predicted molar refractivity (Wildman–Crippen MR) is 89.1 cm³/mol. The van der Waals surface area contributed by atoms with Crippen LogP contribution in [0.1, 0.15) is 25.3 Å². The number of aliphatic carboxylic acids is 1. The molecule has 0 saturated carbocycles. The molecular weight excluding hydrogens is 360 g/mol. The van der Waals surface area contributed by atoms with Crippen molar-refractivity contribution in [3.63, 3.8) is 0 Å². The van der Waals surface area contributed by atoms with E-state index in [9.17, 15) is 9.59 Å².